The summed E-state index contributed by atoms with van der Waals surface area (Å²) in [5.74, 6) is -0.214. The third kappa shape index (κ3) is 7.33. The molecule has 2 N–H and O–H groups in total. The summed E-state index contributed by atoms with van der Waals surface area (Å²) in [6.07, 6.45) is 2.86. The third-order valence-electron chi connectivity index (χ3n) is 1.63. The van der Waals surface area contributed by atoms with Gasteiger partial charge in [0.15, 0.2) is 0 Å². The van der Waals surface area contributed by atoms with Crippen molar-refractivity contribution < 1.29 is 4.79 Å². The molecule has 0 aromatic heterocycles. The quantitative estimate of drug-likeness (QED) is 0.615. The standard InChI is InChI=1S/C8H18N2O/c1-3-4-6-10(2)7-5-8(9)11/h3-7H2,1-2H3,(H2,9,11). The van der Waals surface area contributed by atoms with Crippen LogP contribution in [0.4, 0.5) is 0 Å². The number of hydrogen-bond donors (Lipinski definition) is 1. The minimum absolute atomic E-state index is 0.214. The maximum absolute atomic E-state index is 10.4. The minimum Gasteiger partial charge on any atom is -0.370 e. The Hall–Kier alpha value is -0.570. The van der Waals surface area contributed by atoms with E-state index in [1.165, 1.54) is 12.8 Å². The van der Waals surface area contributed by atoms with Gasteiger partial charge in [-0.3, -0.25) is 4.79 Å². The first-order valence-corrected chi connectivity index (χ1v) is 4.13. The summed E-state index contributed by atoms with van der Waals surface area (Å²) in [5, 5.41) is 0. The molecule has 1 amide bonds. The number of nitrogens with two attached hydrogens (primary N) is 1. The molecule has 0 unspecified atom stereocenters. The third-order valence-corrected chi connectivity index (χ3v) is 1.63. The molecule has 3 heteroatoms. The molecule has 0 aromatic rings. The normalized spacial score (nSPS) is 10.5. The summed E-state index contributed by atoms with van der Waals surface area (Å²) in [6.45, 7) is 4.00. The van der Waals surface area contributed by atoms with Gasteiger partial charge in [0.25, 0.3) is 0 Å². The predicted molar refractivity (Wildman–Crippen MR) is 46.2 cm³/mol. The highest BCUT2D eigenvalue weighted by Gasteiger charge is 1.99. The molecular formula is C8H18N2O. The van der Waals surface area contributed by atoms with E-state index in [-0.39, 0.29) is 5.91 Å². The Morgan fingerprint density at radius 3 is 2.55 bits per heavy atom. The van der Waals surface area contributed by atoms with Gasteiger partial charge in [0.1, 0.15) is 0 Å². The second-order valence-electron chi connectivity index (χ2n) is 2.87. The molecule has 66 valence electrons. The van der Waals surface area contributed by atoms with Crippen molar-refractivity contribution in [3.63, 3.8) is 0 Å². The Labute approximate surface area is 68.6 Å². The second kappa shape index (κ2) is 6.16. The van der Waals surface area contributed by atoms with Gasteiger partial charge in [-0.25, -0.2) is 0 Å². The van der Waals surface area contributed by atoms with Crippen LogP contribution < -0.4 is 5.73 Å². The number of rotatable bonds is 6. The van der Waals surface area contributed by atoms with Crippen molar-refractivity contribution in [1.29, 1.82) is 0 Å². The maximum atomic E-state index is 10.4. The van der Waals surface area contributed by atoms with E-state index in [4.69, 9.17) is 5.73 Å². The second-order valence-corrected chi connectivity index (χ2v) is 2.87. The van der Waals surface area contributed by atoms with Gasteiger partial charge < -0.3 is 10.6 Å². The van der Waals surface area contributed by atoms with Crippen LogP contribution in [0.1, 0.15) is 26.2 Å². The monoisotopic (exact) mass is 158 g/mol. The number of nitrogens with zero attached hydrogens (tertiary/aromatic N) is 1. The lowest BCUT2D eigenvalue weighted by Gasteiger charge is -2.14. The van der Waals surface area contributed by atoms with Crippen LogP contribution in [-0.2, 0) is 4.79 Å². The van der Waals surface area contributed by atoms with Gasteiger partial charge in [-0.15, -0.1) is 0 Å². The van der Waals surface area contributed by atoms with Crippen LogP contribution in [0.25, 0.3) is 0 Å². The van der Waals surface area contributed by atoms with E-state index >= 15 is 0 Å². The maximum Gasteiger partial charge on any atom is 0.218 e. The van der Waals surface area contributed by atoms with Crippen molar-refractivity contribution >= 4 is 5.91 Å². The van der Waals surface area contributed by atoms with E-state index in [1.807, 2.05) is 7.05 Å². The fourth-order valence-electron chi connectivity index (χ4n) is 0.841. The largest absolute Gasteiger partial charge is 0.370 e. The van der Waals surface area contributed by atoms with Gasteiger partial charge in [-0.1, -0.05) is 13.3 Å². The zero-order valence-corrected chi connectivity index (χ0v) is 7.47. The Morgan fingerprint density at radius 2 is 2.09 bits per heavy atom. The van der Waals surface area contributed by atoms with Gasteiger partial charge in [0, 0.05) is 13.0 Å². The van der Waals surface area contributed by atoms with E-state index < -0.39 is 0 Å². The molecule has 0 spiro atoms. The number of amides is 1. The van der Waals surface area contributed by atoms with E-state index in [1.54, 1.807) is 0 Å². The molecule has 11 heavy (non-hydrogen) atoms. The van der Waals surface area contributed by atoms with Crippen molar-refractivity contribution in [2.75, 3.05) is 20.1 Å². The lowest BCUT2D eigenvalue weighted by molar-refractivity contribution is -0.118. The van der Waals surface area contributed by atoms with Crippen LogP contribution in [0.15, 0.2) is 0 Å². The average Bonchev–Trinajstić information content (AvgIpc) is 1.97. The van der Waals surface area contributed by atoms with Crippen molar-refractivity contribution in [3.8, 4) is 0 Å². The Bertz CT molecular complexity index is 115. The lowest BCUT2D eigenvalue weighted by atomic mass is 10.3. The zero-order chi connectivity index (χ0) is 8.69. The molecule has 0 saturated heterocycles. The highest BCUT2D eigenvalue weighted by Crippen LogP contribution is 1.92. The highest BCUT2D eigenvalue weighted by molar-refractivity contribution is 5.73. The van der Waals surface area contributed by atoms with Crippen molar-refractivity contribution in [2.24, 2.45) is 5.73 Å². The molecule has 0 radical (unpaired) electrons. The van der Waals surface area contributed by atoms with E-state index in [2.05, 4.69) is 11.8 Å². The van der Waals surface area contributed by atoms with Crippen molar-refractivity contribution in [3.05, 3.63) is 0 Å². The number of hydrogen-bond acceptors (Lipinski definition) is 2. The summed E-state index contributed by atoms with van der Waals surface area (Å²) in [4.78, 5) is 12.5. The van der Waals surface area contributed by atoms with Crippen molar-refractivity contribution in [2.45, 2.75) is 26.2 Å². The molecule has 0 aliphatic heterocycles. The Kier molecular flexibility index (Phi) is 5.84. The molecule has 0 fully saturated rings. The SMILES string of the molecule is CCCCN(C)CCC(N)=O. The van der Waals surface area contributed by atoms with Gasteiger partial charge in [-0.05, 0) is 20.0 Å². The molecule has 0 rings (SSSR count). The van der Waals surface area contributed by atoms with Crippen LogP contribution in [0, 0.1) is 0 Å². The first-order chi connectivity index (χ1) is 5.16. The summed E-state index contributed by atoms with van der Waals surface area (Å²) >= 11 is 0. The molecule has 3 nitrogen and oxygen atoms in total. The first kappa shape index (κ1) is 10.4. The van der Waals surface area contributed by atoms with Crippen LogP contribution in [-0.4, -0.2) is 30.9 Å². The van der Waals surface area contributed by atoms with Crippen molar-refractivity contribution in [1.82, 2.24) is 4.90 Å². The summed E-state index contributed by atoms with van der Waals surface area (Å²) in [7, 11) is 2.01. The Balaban J connectivity index is 3.22. The predicted octanol–water partition coefficient (Wildman–Crippen LogP) is 0.594. The van der Waals surface area contributed by atoms with Gasteiger partial charge >= 0.3 is 0 Å². The minimum atomic E-state index is -0.214. The highest BCUT2D eigenvalue weighted by atomic mass is 16.1. The number of primary amides is 1. The van der Waals surface area contributed by atoms with E-state index in [9.17, 15) is 4.79 Å². The summed E-state index contributed by atoms with van der Waals surface area (Å²) in [6, 6.07) is 0. The number of carbonyl (C=O) groups excluding carboxylic acids is 1. The van der Waals surface area contributed by atoms with Gasteiger partial charge in [0.05, 0.1) is 0 Å². The molecule has 0 heterocycles. The van der Waals surface area contributed by atoms with Crippen LogP contribution in [0.2, 0.25) is 0 Å². The summed E-state index contributed by atoms with van der Waals surface area (Å²) in [5.41, 5.74) is 5.00. The lowest BCUT2D eigenvalue weighted by Crippen LogP contribution is -2.25. The number of carbonyl (C=O) groups is 1. The molecule has 0 atom stereocenters. The fraction of sp³-hybridized carbons (Fsp3) is 0.875. The van der Waals surface area contributed by atoms with Gasteiger partial charge in [0.2, 0.25) is 5.91 Å². The molecule has 0 aliphatic rings. The molecule has 0 aromatic carbocycles. The van der Waals surface area contributed by atoms with Crippen LogP contribution in [0.5, 0.6) is 0 Å². The average molecular weight is 158 g/mol. The van der Waals surface area contributed by atoms with Crippen LogP contribution >= 0.6 is 0 Å². The Morgan fingerprint density at radius 1 is 1.45 bits per heavy atom. The zero-order valence-electron chi connectivity index (χ0n) is 7.47. The van der Waals surface area contributed by atoms with E-state index in [0.29, 0.717) is 6.42 Å². The molecule has 0 bridgehead atoms. The first-order valence-electron chi connectivity index (χ1n) is 4.13. The summed E-state index contributed by atoms with van der Waals surface area (Å²) < 4.78 is 0. The smallest absolute Gasteiger partial charge is 0.218 e. The molecular weight excluding hydrogens is 140 g/mol. The molecule has 0 aliphatic carbocycles. The number of unbranched alkanes of at least 4 members (excludes halogenated alkanes) is 1. The van der Waals surface area contributed by atoms with Gasteiger partial charge in [-0.2, -0.15) is 0 Å². The topological polar surface area (TPSA) is 46.3 Å². The van der Waals surface area contributed by atoms with Crippen LogP contribution in [0.3, 0.4) is 0 Å². The van der Waals surface area contributed by atoms with E-state index in [0.717, 1.165) is 13.1 Å². The fourth-order valence-corrected chi connectivity index (χ4v) is 0.841. The molecule has 0 saturated carbocycles.